The van der Waals surface area contributed by atoms with Gasteiger partial charge in [0.2, 0.25) is 5.91 Å². The molecule has 10 nitrogen and oxygen atoms in total. The van der Waals surface area contributed by atoms with Crippen LogP contribution < -0.4 is 14.8 Å². The van der Waals surface area contributed by atoms with Gasteiger partial charge < -0.3 is 15.0 Å². The van der Waals surface area contributed by atoms with Gasteiger partial charge in [-0.25, -0.2) is 8.42 Å². The quantitative estimate of drug-likeness (QED) is 0.339. The number of aromatic nitrogens is 1. The number of benzene rings is 3. The number of rotatable bonds is 8. The number of hydrogen-bond acceptors (Lipinski definition) is 7. The Hall–Kier alpha value is -4.48. The number of piperazine rings is 1. The Bertz CT molecular complexity index is 1610. The maximum absolute atomic E-state index is 13.1. The van der Waals surface area contributed by atoms with Crippen molar-refractivity contribution < 1.29 is 22.7 Å². The van der Waals surface area contributed by atoms with E-state index in [0.29, 0.717) is 54.4 Å². The van der Waals surface area contributed by atoms with Crippen LogP contribution >= 0.6 is 0 Å². The molecule has 0 radical (unpaired) electrons. The second kappa shape index (κ2) is 11.7. The van der Waals surface area contributed by atoms with Crippen molar-refractivity contribution >= 4 is 44.1 Å². The third-order valence-corrected chi connectivity index (χ3v) is 8.08. The summed E-state index contributed by atoms with van der Waals surface area (Å²) in [5.41, 5.74) is 1.89. The average Bonchev–Trinajstić information content (AvgIpc) is 2.97. The van der Waals surface area contributed by atoms with E-state index < -0.39 is 10.0 Å². The van der Waals surface area contributed by atoms with E-state index in [0.717, 1.165) is 5.39 Å². The fourth-order valence-corrected chi connectivity index (χ4v) is 5.79. The molecule has 2 amide bonds. The van der Waals surface area contributed by atoms with Gasteiger partial charge in [-0.3, -0.25) is 24.2 Å². The van der Waals surface area contributed by atoms with Crippen molar-refractivity contribution in [3.8, 4) is 5.75 Å². The molecule has 1 fully saturated rings. The molecule has 5 rings (SSSR count). The topological polar surface area (TPSA) is 121 Å². The van der Waals surface area contributed by atoms with Gasteiger partial charge in [-0.1, -0.05) is 18.2 Å². The van der Waals surface area contributed by atoms with E-state index in [1.165, 1.54) is 6.07 Å². The number of carbonyl (C=O) groups is 2. The van der Waals surface area contributed by atoms with Crippen molar-refractivity contribution in [2.24, 2.45) is 0 Å². The van der Waals surface area contributed by atoms with E-state index in [9.17, 15) is 18.0 Å². The van der Waals surface area contributed by atoms with Crippen LogP contribution in [0.5, 0.6) is 5.75 Å². The van der Waals surface area contributed by atoms with Gasteiger partial charge in [0.25, 0.3) is 15.9 Å². The number of ether oxygens (including phenoxy) is 1. The van der Waals surface area contributed by atoms with Gasteiger partial charge >= 0.3 is 0 Å². The molecular weight excluding hydrogens is 530 g/mol. The summed E-state index contributed by atoms with van der Waals surface area (Å²) in [5.74, 6) is 0.449. The summed E-state index contributed by atoms with van der Waals surface area (Å²) in [6, 6.07) is 22.0. The molecule has 3 aromatic carbocycles. The average molecular weight is 560 g/mol. The maximum Gasteiger partial charge on any atom is 0.264 e. The molecule has 0 spiro atoms. The van der Waals surface area contributed by atoms with E-state index in [-0.39, 0.29) is 23.3 Å². The van der Waals surface area contributed by atoms with Crippen molar-refractivity contribution in [2.45, 2.75) is 4.90 Å². The van der Waals surface area contributed by atoms with Crippen LogP contribution in [0.3, 0.4) is 0 Å². The number of pyridine rings is 1. The molecule has 4 aromatic rings. The number of methoxy groups -OCH3 is 1. The SMILES string of the molecule is COc1ccc(NC(=O)CN2CCN(C(=O)c3ccc(NS(=O)(=O)c4cccc5cccnc45)cc3)CC2)cc1. The van der Waals surface area contributed by atoms with Gasteiger partial charge in [0.15, 0.2) is 0 Å². The summed E-state index contributed by atoms with van der Waals surface area (Å²) in [5, 5.41) is 3.60. The predicted molar refractivity (Wildman–Crippen MR) is 153 cm³/mol. The lowest BCUT2D eigenvalue weighted by Crippen LogP contribution is -2.50. The van der Waals surface area contributed by atoms with E-state index in [4.69, 9.17) is 4.74 Å². The summed E-state index contributed by atoms with van der Waals surface area (Å²) in [6.07, 6.45) is 1.55. The molecule has 0 atom stereocenters. The number of amides is 2. The zero-order valence-corrected chi connectivity index (χ0v) is 22.7. The molecule has 1 saturated heterocycles. The monoisotopic (exact) mass is 559 g/mol. The number of anilines is 2. The van der Waals surface area contributed by atoms with Crippen molar-refractivity contribution in [3.05, 3.63) is 90.6 Å². The molecule has 1 aliphatic heterocycles. The summed E-state index contributed by atoms with van der Waals surface area (Å²) in [4.78, 5) is 33.5. The first-order valence-corrected chi connectivity index (χ1v) is 14.2. The smallest absolute Gasteiger partial charge is 0.264 e. The molecule has 0 saturated carbocycles. The number of fused-ring (bicyclic) bond motifs is 1. The zero-order chi connectivity index (χ0) is 28.1. The normalized spacial score (nSPS) is 14.1. The fourth-order valence-electron chi connectivity index (χ4n) is 4.55. The molecule has 1 aromatic heterocycles. The van der Waals surface area contributed by atoms with Gasteiger partial charge in [0.05, 0.1) is 19.2 Å². The number of para-hydroxylation sites is 1. The first-order valence-electron chi connectivity index (χ1n) is 12.7. The molecule has 1 aliphatic rings. The Morgan fingerprint density at radius 2 is 1.55 bits per heavy atom. The minimum absolute atomic E-state index is 0.0845. The van der Waals surface area contributed by atoms with Gasteiger partial charge in [-0.2, -0.15) is 0 Å². The summed E-state index contributed by atoms with van der Waals surface area (Å²) in [7, 11) is -2.30. The van der Waals surface area contributed by atoms with E-state index in [2.05, 4.69) is 15.0 Å². The summed E-state index contributed by atoms with van der Waals surface area (Å²) >= 11 is 0. The standard InChI is InChI=1S/C29H29N5O5S/c1-39-25-13-11-23(12-14-25)31-27(35)20-33-16-18-34(19-17-33)29(36)22-7-9-24(10-8-22)32-40(37,38)26-6-2-4-21-5-3-15-30-28(21)26/h2-15,32H,16-20H2,1H3,(H,31,35). The van der Waals surface area contributed by atoms with Crippen LogP contribution in [0.4, 0.5) is 11.4 Å². The number of nitrogens with one attached hydrogen (secondary N) is 2. The number of hydrogen-bond donors (Lipinski definition) is 2. The minimum atomic E-state index is -3.88. The molecule has 40 heavy (non-hydrogen) atoms. The highest BCUT2D eigenvalue weighted by molar-refractivity contribution is 7.93. The predicted octanol–water partition coefficient (Wildman–Crippen LogP) is 3.44. The molecule has 0 bridgehead atoms. The van der Waals surface area contributed by atoms with Crippen LogP contribution in [0, 0.1) is 0 Å². The Morgan fingerprint density at radius 1 is 0.875 bits per heavy atom. The lowest BCUT2D eigenvalue weighted by molar-refractivity contribution is -0.117. The Labute approximate surface area is 232 Å². The summed E-state index contributed by atoms with van der Waals surface area (Å²) < 4.78 is 33.8. The van der Waals surface area contributed by atoms with E-state index in [1.807, 2.05) is 4.90 Å². The van der Waals surface area contributed by atoms with Crippen molar-refractivity contribution in [1.82, 2.24) is 14.8 Å². The Kier molecular flexibility index (Phi) is 7.94. The first kappa shape index (κ1) is 27.1. The van der Waals surface area contributed by atoms with Crippen LogP contribution in [-0.4, -0.2) is 74.8 Å². The Balaban J connectivity index is 1.14. The number of sulfonamides is 1. The molecule has 206 valence electrons. The van der Waals surface area contributed by atoms with Gasteiger partial charge in [-0.15, -0.1) is 0 Å². The molecule has 2 N–H and O–H groups in total. The number of carbonyl (C=O) groups excluding carboxylic acids is 2. The Morgan fingerprint density at radius 3 is 2.25 bits per heavy atom. The minimum Gasteiger partial charge on any atom is -0.497 e. The lowest BCUT2D eigenvalue weighted by Gasteiger charge is -2.34. The lowest BCUT2D eigenvalue weighted by atomic mass is 10.1. The molecular formula is C29H29N5O5S. The van der Waals surface area contributed by atoms with Gasteiger partial charge in [-0.05, 0) is 60.7 Å². The van der Waals surface area contributed by atoms with E-state index in [1.54, 1.807) is 91.0 Å². The van der Waals surface area contributed by atoms with Crippen molar-refractivity contribution in [3.63, 3.8) is 0 Å². The number of nitrogens with zero attached hydrogens (tertiary/aromatic N) is 3. The first-order chi connectivity index (χ1) is 19.3. The van der Waals surface area contributed by atoms with Gasteiger partial charge in [0.1, 0.15) is 10.6 Å². The van der Waals surface area contributed by atoms with Crippen molar-refractivity contribution in [1.29, 1.82) is 0 Å². The van der Waals surface area contributed by atoms with Crippen LogP contribution in [0.25, 0.3) is 10.9 Å². The maximum atomic E-state index is 13.1. The highest BCUT2D eigenvalue weighted by Crippen LogP contribution is 2.24. The largest absolute Gasteiger partial charge is 0.497 e. The highest BCUT2D eigenvalue weighted by atomic mass is 32.2. The van der Waals surface area contributed by atoms with Gasteiger partial charge in [0, 0.05) is 54.7 Å². The third kappa shape index (κ3) is 6.22. The van der Waals surface area contributed by atoms with Crippen LogP contribution in [0.15, 0.2) is 90.0 Å². The second-order valence-corrected chi connectivity index (χ2v) is 11.0. The molecule has 2 heterocycles. The van der Waals surface area contributed by atoms with Crippen LogP contribution in [0.2, 0.25) is 0 Å². The highest BCUT2D eigenvalue weighted by Gasteiger charge is 2.24. The summed E-state index contributed by atoms with van der Waals surface area (Å²) in [6.45, 7) is 2.33. The van der Waals surface area contributed by atoms with Crippen molar-refractivity contribution in [2.75, 3.05) is 49.9 Å². The molecule has 11 heteroatoms. The van der Waals surface area contributed by atoms with Crippen LogP contribution in [-0.2, 0) is 14.8 Å². The second-order valence-electron chi connectivity index (χ2n) is 9.36. The van der Waals surface area contributed by atoms with Crippen LogP contribution in [0.1, 0.15) is 10.4 Å². The third-order valence-electron chi connectivity index (χ3n) is 6.67. The molecule has 0 aliphatic carbocycles. The molecule has 0 unspecified atom stereocenters. The fraction of sp³-hybridized carbons (Fsp3) is 0.207. The zero-order valence-electron chi connectivity index (χ0n) is 21.9. The van der Waals surface area contributed by atoms with E-state index >= 15 is 0 Å².